The first-order valence-electron chi connectivity index (χ1n) is 9.18. The fourth-order valence-electron chi connectivity index (χ4n) is 3.57. The van der Waals surface area contributed by atoms with Gasteiger partial charge in [-0.3, -0.25) is 4.79 Å². The number of ether oxygens (including phenoxy) is 1. The number of aromatic nitrogens is 2. The van der Waals surface area contributed by atoms with Gasteiger partial charge in [0.2, 0.25) is 5.91 Å². The topological polar surface area (TPSA) is 56.1 Å². The van der Waals surface area contributed by atoms with E-state index in [1.807, 2.05) is 72.4 Å². The van der Waals surface area contributed by atoms with Gasteiger partial charge in [0, 0.05) is 12.4 Å². The predicted octanol–water partition coefficient (Wildman–Crippen LogP) is 3.79. The maximum atomic E-state index is 13.1. The van der Waals surface area contributed by atoms with Crippen molar-refractivity contribution >= 4 is 5.91 Å². The summed E-state index contributed by atoms with van der Waals surface area (Å²) in [7, 11) is 1.65. The van der Waals surface area contributed by atoms with Gasteiger partial charge >= 0.3 is 0 Å². The van der Waals surface area contributed by atoms with Crippen LogP contribution in [0.25, 0.3) is 5.69 Å². The van der Waals surface area contributed by atoms with Gasteiger partial charge in [-0.1, -0.05) is 30.3 Å². The van der Waals surface area contributed by atoms with Crippen LogP contribution >= 0.6 is 0 Å². The monoisotopic (exact) mass is 361 g/mol. The van der Waals surface area contributed by atoms with Gasteiger partial charge in [-0.15, -0.1) is 0 Å². The molecule has 138 valence electrons. The number of hydrogen-bond acceptors (Lipinski definition) is 3. The van der Waals surface area contributed by atoms with E-state index in [0.29, 0.717) is 0 Å². The molecule has 0 saturated heterocycles. The lowest BCUT2D eigenvalue weighted by molar-refractivity contribution is -0.124. The van der Waals surface area contributed by atoms with Gasteiger partial charge in [-0.05, 0) is 55.2 Å². The van der Waals surface area contributed by atoms with E-state index in [2.05, 4.69) is 10.4 Å². The maximum Gasteiger partial charge on any atom is 0.231 e. The minimum atomic E-state index is -0.416. The van der Waals surface area contributed by atoms with Gasteiger partial charge in [-0.2, -0.15) is 5.10 Å². The van der Waals surface area contributed by atoms with Crippen LogP contribution in [-0.4, -0.2) is 22.8 Å². The number of benzene rings is 2. The highest BCUT2D eigenvalue weighted by molar-refractivity contribution is 5.91. The van der Waals surface area contributed by atoms with E-state index in [1.54, 1.807) is 13.3 Å². The van der Waals surface area contributed by atoms with Gasteiger partial charge in [0.1, 0.15) is 5.75 Å². The van der Waals surface area contributed by atoms with E-state index in [4.69, 9.17) is 4.74 Å². The van der Waals surface area contributed by atoms with Crippen LogP contribution in [0.3, 0.4) is 0 Å². The number of nitrogens with one attached hydrogen (secondary N) is 1. The number of hydrogen-bond donors (Lipinski definition) is 1. The Morgan fingerprint density at radius 1 is 1.15 bits per heavy atom. The molecule has 3 aromatic rings. The third-order valence-corrected chi connectivity index (χ3v) is 5.33. The van der Waals surface area contributed by atoms with Gasteiger partial charge in [0.25, 0.3) is 0 Å². The lowest BCUT2D eigenvalue weighted by atomic mass is 9.94. The molecule has 1 saturated carbocycles. The Kier molecular flexibility index (Phi) is 4.44. The quantitative estimate of drug-likeness (QED) is 0.727. The molecule has 0 unspecified atom stereocenters. The van der Waals surface area contributed by atoms with E-state index >= 15 is 0 Å². The Bertz CT molecular complexity index is 928. The summed E-state index contributed by atoms with van der Waals surface area (Å²) in [5.41, 5.74) is 2.65. The number of rotatable bonds is 6. The molecular formula is C22H23N3O2. The van der Waals surface area contributed by atoms with E-state index in [9.17, 15) is 4.79 Å². The number of para-hydroxylation sites is 1. The maximum absolute atomic E-state index is 13.1. The van der Waals surface area contributed by atoms with Gasteiger partial charge in [0.05, 0.1) is 24.3 Å². The first-order valence-corrected chi connectivity index (χ1v) is 9.18. The molecule has 0 spiro atoms. The SMILES string of the molecule is COc1ccc(C2(C(=O)N[C@H](C)c3ccccc3-n3cccn3)CC2)cc1. The zero-order valence-electron chi connectivity index (χ0n) is 15.6. The Labute approximate surface area is 159 Å². The van der Waals surface area contributed by atoms with Crippen LogP contribution in [0.15, 0.2) is 67.0 Å². The van der Waals surface area contributed by atoms with Crippen LogP contribution in [-0.2, 0) is 10.2 Å². The van der Waals surface area contributed by atoms with Crippen molar-refractivity contribution in [1.82, 2.24) is 15.1 Å². The molecule has 5 nitrogen and oxygen atoms in total. The number of carbonyl (C=O) groups excluding carboxylic acids is 1. The normalized spacial score (nSPS) is 15.8. The van der Waals surface area contributed by atoms with E-state index in [-0.39, 0.29) is 11.9 Å². The molecule has 2 aromatic carbocycles. The first-order chi connectivity index (χ1) is 13.1. The van der Waals surface area contributed by atoms with Crippen LogP contribution in [0.5, 0.6) is 5.75 Å². The van der Waals surface area contributed by atoms with E-state index in [0.717, 1.165) is 35.4 Å². The number of nitrogens with zero attached hydrogens (tertiary/aromatic N) is 2. The predicted molar refractivity (Wildman–Crippen MR) is 104 cm³/mol. The minimum Gasteiger partial charge on any atom is -0.497 e. The fraction of sp³-hybridized carbons (Fsp3) is 0.273. The molecule has 5 heteroatoms. The molecule has 27 heavy (non-hydrogen) atoms. The molecule has 0 aliphatic heterocycles. The fourth-order valence-corrected chi connectivity index (χ4v) is 3.57. The molecule has 4 rings (SSSR count). The zero-order valence-corrected chi connectivity index (χ0v) is 15.6. The van der Waals surface area contributed by atoms with Crippen LogP contribution in [0.4, 0.5) is 0 Å². The Morgan fingerprint density at radius 2 is 1.89 bits per heavy atom. The van der Waals surface area contributed by atoms with E-state index < -0.39 is 5.41 Å². The summed E-state index contributed by atoms with van der Waals surface area (Å²) >= 11 is 0. The lowest BCUT2D eigenvalue weighted by Gasteiger charge is -2.22. The molecular weight excluding hydrogens is 338 g/mol. The average Bonchev–Trinajstić information content (AvgIpc) is 3.35. The van der Waals surface area contributed by atoms with Crippen molar-refractivity contribution in [1.29, 1.82) is 0 Å². The van der Waals surface area contributed by atoms with Crippen molar-refractivity contribution < 1.29 is 9.53 Å². The summed E-state index contributed by atoms with van der Waals surface area (Å²) < 4.78 is 7.05. The Hall–Kier alpha value is -3.08. The third kappa shape index (κ3) is 3.21. The van der Waals surface area contributed by atoms with Crippen molar-refractivity contribution in [3.05, 3.63) is 78.1 Å². The van der Waals surface area contributed by atoms with Gasteiger partial charge in [-0.25, -0.2) is 4.68 Å². The highest BCUT2D eigenvalue weighted by Gasteiger charge is 2.51. The molecule has 1 atom stereocenters. The molecule has 1 N–H and O–H groups in total. The van der Waals surface area contributed by atoms with Crippen LogP contribution in [0.2, 0.25) is 0 Å². The summed E-state index contributed by atoms with van der Waals surface area (Å²) in [6, 6.07) is 17.6. The van der Waals surface area contributed by atoms with Crippen LogP contribution < -0.4 is 10.1 Å². The Balaban J connectivity index is 1.55. The molecule has 1 amide bonds. The average molecular weight is 361 g/mol. The highest BCUT2D eigenvalue weighted by Crippen LogP contribution is 2.49. The van der Waals surface area contributed by atoms with Crippen molar-refractivity contribution in [2.45, 2.75) is 31.2 Å². The Morgan fingerprint density at radius 3 is 2.52 bits per heavy atom. The van der Waals surface area contributed by atoms with Crippen LogP contribution in [0, 0.1) is 0 Å². The molecule has 1 fully saturated rings. The second-order valence-electron chi connectivity index (χ2n) is 7.02. The second-order valence-corrected chi connectivity index (χ2v) is 7.02. The third-order valence-electron chi connectivity index (χ3n) is 5.33. The van der Waals surface area contributed by atoms with Gasteiger partial charge < -0.3 is 10.1 Å². The van der Waals surface area contributed by atoms with Crippen molar-refractivity contribution in [3.63, 3.8) is 0 Å². The largest absolute Gasteiger partial charge is 0.497 e. The van der Waals surface area contributed by atoms with Crippen molar-refractivity contribution in [2.75, 3.05) is 7.11 Å². The molecule has 1 aromatic heterocycles. The summed E-state index contributed by atoms with van der Waals surface area (Å²) in [5.74, 6) is 0.881. The molecule has 1 aliphatic carbocycles. The molecule has 1 aliphatic rings. The zero-order chi connectivity index (χ0) is 18.9. The number of carbonyl (C=O) groups is 1. The first kappa shape index (κ1) is 17.3. The van der Waals surface area contributed by atoms with Crippen molar-refractivity contribution in [2.24, 2.45) is 0 Å². The molecule has 1 heterocycles. The summed E-state index contributed by atoms with van der Waals surface area (Å²) in [5, 5.41) is 7.54. The lowest BCUT2D eigenvalue weighted by Crippen LogP contribution is -2.36. The smallest absolute Gasteiger partial charge is 0.231 e. The van der Waals surface area contributed by atoms with Crippen LogP contribution in [0.1, 0.15) is 36.9 Å². The number of amides is 1. The molecule has 0 bridgehead atoms. The second kappa shape index (κ2) is 6.91. The van der Waals surface area contributed by atoms with Gasteiger partial charge in [0.15, 0.2) is 0 Å². The summed E-state index contributed by atoms with van der Waals surface area (Å²) in [4.78, 5) is 13.1. The summed E-state index contributed by atoms with van der Waals surface area (Å²) in [6.07, 6.45) is 5.41. The summed E-state index contributed by atoms with van der Waals surface area (Å²) in [6.45, 7) is 2.02. The van der Waals surface area contributed by atoms with E-state index in [1.165, 1.54) is 0 Å². The number of methoxy groups -OCH3 is 1. The standard InChI is InChI=1S/C22H23N3O2/c1-16(19-6-3-4-7-20(19)25-15-5-14-23-25)24-21(26)22(12-13-22)17-8-10-18(27-2)11-9-17/h3-11,14-16H,12-13H2,1-2H3,(H,24,26)/t16-/m1/s1. The molecule has 0 radical (unpaired) electrons. The highest BCUT2D eigenvalue weighted by atomic mass is 16.5. The minimum absolute atomic E-state index is 0.0791. The van der Waals surface area contributed by atoms with Crippen molar-refractivity contribution in [3.8, 4) is 11.4 Å².